The third kappa shape index (κ3) is 3.27. The van der Waals surface area contributed by atoms with E-state index in [9.17, 15) is 31.5 Å². The van der Waals surface area contributed by atoms with Crippen molar-refractivity contribution in [1.82, 2.24) is 0 Å². The highest BCUT2D eigenvalue weighted by atomic mass is 32.2. The summed E-state index contributed by atoms with van der Waals surface area (Å²) >= 11 is 0. The van der Waals surface area contributed by atoms with Crippen LogP contribution in [0.5, 0.6) is 5.75 Å². The minimum absolute atomic E-state index is 0.0614. The molecule has 2 rings (SSSR count). The van der Waals surface area contributed by atoms with Gasteiger partial charge in [-0.2, -0.15) is 21.6 Å². The molecule has 0 aliphatic rings. The standard InChI is InChI=1S/C15H13F3O6S/c1-7-8(2)11(12(19)14(20)21)13(10-6-4-3-5-9(7)10)24-25(22,23)15(16,17)18/h3-6,12,19H,1-2H3,(H,20,21). The van der Waals surface area contributed by atoms with Crippen molar-refractivity contribution in [3.8, 4) is 5.75 Å². The van der Waals surface area contributed by atoms with E-state index in [4.69, 9.17) is 5.11 Å². The number of aliphatic hydroxyl groups is 1. The van der Waals surface area contributed by atoms with Crippen molar-refractivity contribution in [3.05, 3.63) is 41.0 Å². The van der Waals surface area contributed by atoms with Crippen molar-refractivity contribution in [2.45, 2.75) is 25.5 Å². The fraction of sp³-hybridized carbons (Fsp3) is 0.267. The van der Waals surface area contributed by atoms with Crippen LogP contribution in [-0.4, -0.2) is 30.1 Å². The molecule has 1 unspecified atom stereocenters. The molecule has 136 valence electrons. The van der Waals surface area contributed by atoms with Gasteiger partial charge in [-0.05, 0) is 30.4 Å². The van der Waals surface area contributed by atoms with Gasteiger partial charge in [0.1, 0.15) is 0 Å². The maximum atomic E-state index is 12.7. The van der Waals surface area contributed by atoms with E-state index in [0.717, 1.165) is 0 Å². The first-order valence-electron chi connectivity index (χ1n) is 6.82. The predicted octanol–water partition coefficient (Wildman–Crippen LogP) is 2.80. The molecule has 0 aromatic heterocycles. The number of benzene rings is 2. The van der Waals surface area contributed by atoms with E-state index in [1.807, 2.05) is 0 Å². The van der Waals surface area contributed by atoms with Gasteiger partial charge >= 0.3 is 21.6 Å². The summed E-state index contributed by atoms with van der Waals surface area (Å²) in [7, 11) is -6.06. The SMILES string of the molecule is Cc1c(C(O)C(=O)O)c(OS(=O)(=O)C(F)(F)F)c2ccccc2c1C. The Kier molecular flexibility index (Phi) is 4.71. The number of rotatable bonds is 4. The summed E-state index contributed by atoms with van der Waals surface area (Å²) in [5.74, 6) is -2.61. The van der Waals surface area contributed by atoms with Gasteiger partial charge in [0.2, 0.25) is 0 Å². The molecule has 2 N–H and O–H groups in total. The summed E-state index contributed by atoms with van der Waals surface area (Å²) in [4.78, 5) is 11.1. The van der Waals surface area contributed by atoms with Crippen LogP contribution in [0.1, 0.15) is 22.8 Å². The van der Waals surface area contributed by atoms with Gasteiger partial charge in [0.05, 0.1) is 0 Å². The normalized spacial score (nSPS) is 13.7. The first kappa shape index (κ1) is 19.0. The molecule has 0 bridgehead atoms. The summed E-state index contributed by atoms with van der Waals surface area (Å²) in [5, 5.41) is 19.2. The molecule has 0 saturated carbocycles. The number of fused-ring (bicyclic) bond motifs is 1. The Bertz CT molecular complexity index is 950. The highest BCUT2D eigenvalue weighted by Gasteiger charge is 2.49. The van der Waals surface area contributed by atoms with Crippen LogP contribution in [0.3, 0.4) is 0 Å². The zero-order valence-electron chi connectivity index (χ0n) is 13.0. The smallest absolute Gasteiger partial charge is 0.479 e. The molecule has 0 amide bonds. The number of hydrogen-bond acceptors (Lipinski definition) is 5. The molecule has 0 heterocycles. The zero-order chi connectivity index (χ0) is 19.2. The minimum Gasteiger partial charge on any atom is -0.479 e. The monoisotopic (exact) mass is 378 g/mol. The average Bonchev–Trinajstić information content (AvgIpc) is 2.50. The third-order valence-corrected chi connectivity index (χ3v) is 4.72. The quantitative estimate of drug-likeness (QED) is 0.627. The van der Waals surface area contributed by atoms with Gasteiger partial charge in [0.25, 0.3) is 0 Å². The van der Waals surface area contributed by atoms with Crippen molar-refractivity contribution in [2.24, 2.45) is 0 Å². The van der Waals surface area contributed by atoms with Crippen LogP contribution in [0.25, 0.3) is 10.8 Å². The predicted molar refractivity (Wildman–Crippen MR) is 81.6 cm³/mol. The van der Waals surface area contributed by atoms with E-state index >= 15 is 0 Å². The number of hydrogen-bond donors (Lipinski definition) is 2. The summed E-state index contributed by atoms with van der Waals surface area (Å²) in [6, 6.07) is 5.79. The first-order chi connectivity index (χ1) is 11.4. The number of carboxylic acid groups (broad SMARTS) is 1. The molecule has 0 saturated heterocycles. The molecule has 1 atom stereocenters. The van der Waals surface area contributed by atoms with E-state index < -0.39 is 39.0 Å². The van der Waals surface area contributed by atoms with Gasteiger partial charge in [-0.3, -0.25) is 0 Å². The Hall–Kier alpha value is -2.33. The van der Waals surface area contributed by atoms with Gasteiger partial charge < -0.3 is 14.4 Å². The highest BCUT2D eigenvalue weighted by molar-refractivity contribution is 7.88. The molecule has 0 spiro atoms. The summed E-state index contributed by atoms with van der Waals surface area (Å²) in [5.41, 5.74) is -5.67. The lowest BCUT2D eigenvalue weighted by atomic mass is 9.92. The molecule has 0 radical (unpaired) electrons. The van der Waals surface area contributed by atoms with Crippen LogP contribution in [0.2, 0.25) is 0 Å². The Morgan fingerprint density at radius 1 is 1.12 bits per heavy atom. The molecule has 10 heteroatoms. The number of halogens is 3. The number of carbonyl (C=O) groups is 1. The van der Waals surface area contributed by atoms with Crippen LogP contribution < -0.4 is 4.18 Å². The third-order valence-electron chi connectivity index (χ3n) is 3.77. The Balaban J connectivity index is 2.91. The molecule has 0 fully saturated rings. The molecule has 0 aliphatic heterocycles. The van der Waals surface area contributed by atoms with E-state index in [1.165, 1.54) is 25.1 Å². The molecule has 25 heavy (non-hydrogen) atoms. The topological polar surface area (TPSA) is 101 Å². The summed E-state index contributed by atoms with van der Waals surface area (Å²) in [6.45, 7) is 2.92. The first-order valence-corrected chi connectivity index (χ1v) is 8.22. The van der Waals surface area contributed by atoms with Gasteiger partial charge in [-0.1, -0.05) is 24.3 Å². The molecular formula is C15H13F3O6S. The van der Waals surface area contributed by atoms with Crippen LogP contribution >= 0.6 is 0 Å². The van der Waals surface area contributed by atoms with Gasteiger partial charge in [0, 0.05) is 10.9 Å². The second-order valence-corrected chi connectivity index (χ2v) is 6.80. The zero-order valence-corrected chi connectivity index (χ0v) is 13.8. The molecule has 2 aromatic rings. The number of aliphatic hydroxyl groups excluding tert-OH is 1. The Morgan fingerprint density at radius 2 is 1.64 bits per heavy atom. The van der Waals surface area contributed by atoms with Crippen molar-refractivity contribution in [1.29, 1.82) is 0 Å². The number of alkyl halides is 3. The summed E-state index contributed by atoms with van der Waals surface area (Å²) < 4.78 is 65.2. The van der Waals surface area contributed by atoms with Crippen molar-refractivity contribution < 1.29 is 40.8 Å². The van der Waals surface area contributed by atoms with Crippen LogP contribution in [0.15, 0.2) is 24.3 Å². The van der Waals surface area contributed by atoms with E-state index in [-0.39, 0.29) is 10.9 Å². The Morgan fingerprint density at radius 3 is 2.12 bits per heavy atom. The van der Waals surface area contributed by atoms with Gasteiger partial charge in [0.15, 0.2) is 11.9 Å². The van der Waals surface area contributed by atoms with E-state index in [1.54, 1.807) is 13.0 Å². The lowest BCUT2D eigenvalue weighted by molar-refractivity contribution is -0.147. The van der Waals surface area contributed by atoms with Crippen LogP contribution in [-0.2, 0) is 14.9 Å². The fourth-order valence-electron chi connectivity index (χ4n) is 2.43. The van der Waals surface area contributed by atoms with Crippen LogP contribution in [0.4, 0.5) is 13.2 Å². The molecular weight excluding hydrogens is 365 g/mol. The number of carboxylic acids is 1. The van der Waals surface area contributed by atoms with Crippen molar-refractivity contribution in [2.75, 3.05) is 0 Å². The average molecular weight is 378 g/mol. The lowest BCUT2D eigenvalue weighted by Crippen LogP contribution is -2.29. The lowest BCUT2D eigenvalue weighted by Gasteiger charge is -2.21. The second kappa shape index (κ2) is 6.19. The molecule has 0 aliphatic carbocycles. The molecule has 2 aromatic carbocycles. The fourth-order valence-corrected chi connectivity index (χ4v) is 2.92. The maximum Gasteiger partial charge on any atom is 0.534 e. The minimum atomic E-state index is -6.06. The highest BCUT2D eigenvalue weighted by Crippen LogP contribution is 2.41. The molecule has 6 nitrogen and oxygen atoms in total. The Labute approximate surface area is 140 Å². The van der Waals surface area contributed by atoms with Gasteiger partial charge in [-0.25, -0.2) is 4.79 Å². The summed E-state index contributed by atoms with van der Waals surface area (Å²) in [6.07, 6.45) is -2.26. The number of aryl methyl sites for hydroxylation is 1. The largest absolute Gasteiger partial charge is 0.534 e. The van der Waals surface area contributed by atoms with Gasteiger partial charge in [-0.15, -0.1) is 0 Å². The van der Waals surface area contributed by atoms with Crippen LogP contribution in [0, 0.1) is 13.8 Å². The van der Waals surface area contributed by atoms with Crippen molar-refractivity contribution in [3.63, 3.8) is 0 Å². The van der Waals surface area contributed by atoms with E-state index in [0.29, 0.717) is 10.9 Å². The number of aliphatic carboxylic acids is 1. The van der Waals surface area contributed by atoms with Crippen molar-refractivity contribution >= 4 is 26.9 Å². The van der Waals surface area contributed by atoms with E-state index in [2.05, 4.69) is 4.18 Å². The maximum absolute atomic E-state index is 12.7. The second-order valence-electron chi connectivity index (χ2n) is 5.26.